The second-order valence-electron chi connectivity index (χ2n) is 5.54. The van der Waals surface area contributed by atoms with E-state index in [1.54, 1.807) is 4.90 Å². The van der Waals surface area contributed by atoms with E-state index in [1.807, 2.05) is 31.2 Å². The SMILES string of the molecule is Cc1cccc(CC(=O)N2CC(N3C(=O)CNC3=O)C2)c1. The lowest BCUT2D eigenvalue weighted by Crippen LogP contribution is -2.62. The summed E-state index contributed by atoms with van der Waals surface area (Å²) in [6.07, 6.45) is 0.356. The minimum absolute atomic E-state index is 0.0314. The molecule has 1 aromatic rings. The Morgan fingerprint density at radius 1 is 1.33 bits per heavy atom. The molecule has 3 rings (SSSR count). The van der Waals surface area contributed by atoms with Crippen LogP contribution in [0.5, 0.6) is 0 Å². The Kier molecular flexibility index (Phi) is 3.37. The monoisotopic (exact) mass is 287 g/mol. The number of rotatable bonds is 3. The molecule has 4 amide bonds. The van der Waals surface area contributed by atoms with Crippen LogP contribution in [-0.4, -0.2) is 53.3 Å². The van der Waals surface area contributed by atoms with E-state index in [-0.39, 0.29) is 30.4 Å². The van der Waals surface area contributed by atoms with Crippen LogP contribution in [-0.2, 0) is 16.0 Å². The van der Waals surface area contributed by atoms with E-state index >= 15 is 0 Å². The molecule has 1 aromatic carbocycles. The molecule has 0 spiro atoms. The third-order valence-corrected chi connectivity index (χ3v) is 3.90. The van der Waals surface area contributed by atoms with Crippen LogP contribution in [0.1, 0.15) is 11.1 Å². The summed E-state index contributed by atoms with van der Waals surface area (Å²) in [5.41, 5.74) is 2.11. The van der Waals surface area contributed by atoms with Gasteiger partial charge < -0.3 is 10.2 Å². The van der Waals surface area contributed by atoms with Crippen molar-refractivity contribution < 1.29 is 14.4 Å². The molecule has 0 radical (unpaired) electrons. The molecule has 0 aromatic heterocycles. The van der Waals surface area contributed by atoms with Crippen molar-refractivity contribution in [2.75, 3.05) is 19.6 Å². The molecule has 1 N–H and O–H groups in total. The van der Waals surface area contributed by atoms with Crippen molar-refractivity contribution in [2.24, 2.45) is 0 Å². The molecule has 0 unspecified atom stereocenters. The predicted molar refractivity (Wildman–Crippen MR) is 75.5 cm³/mol. The van der Waals surface area contributed by atoms with E-state index in [0.29, 0.717) is 19.5 Å². The molecule has 6 heteroatoms. The standard InChI is InChI=1S/C15H17N3O3/c1-10-3-2-4-11(5-10)6-13(19)17-8-12(9-17)18-14(20)7-16-15(18)21/h2-5,12H,6-9H2,1H3,(H,16,21). The summed E-state index contributed by atoms with van der Waals surface area (Å²) < 4.78 is 0. The number of carbonyl (C=O) groups is 3. The molecule has 2 aliphatic heterocycles. The second kappa shape index (κ2) is 5.20. The fraction of sp³-hybridized carbons (Fsp3) is 0.400. The quantitative estimate of drug-likeness (QED) is 0.813. The van der Waals surface area contributed by atoms with Crippen molar-refractivity contribution >= 4 is 17.8 Å². The average Bonchev–Trinajstić information content (AvgIpc) is 2.69. The summed E-state index contributed by atoms with van der Waals surface area (Å²) in [7, 11) is 0. The lowest BCUT2D eigenvalue weighted by Gasteiger charge is -2.42. The van der Waals surface area contributed by atoms with Crippen LogP contribution in [0.3, 0.4) is 0 Å². The molecular weight excluding hydrogens is 270 g/mol. The number of benzene rings is 1. The van der Waals surface area contributed by atoms with Crippen molar-refractivity contribution in [3.8, 4) is 0 Å². The van der Waals surface area contributed by atoms with Gasteiger partial charge in [0.1, 0.15) is 0 Å². The Hall–Kier alpha value is -2.37. The summed E-state index contributed by atoms with van der Waals surface area (Å²) in [6.45, 7) is 2.92. The fourth-order valence-electron chi connectivity index (χ4n) is 2.74. The molecule has 0 aliphatic carbocycles. The smallest absolute Gasteiger partial charge is 0.324 e. The number of amides is 4. The van der Waals surface area contributed by atoms with Crippen LogP contribution in [0.15, 0.2) is 24.3 Å². The van der Waals surface area contributed by atoms with E-state index in [4.69, 9.17) is 0 Å². The van der Waals surface area contributed by atoms with Crippen molar-refractivity contribution in [1.29, 1.82) is 0 Å². The van der Waals surface area contributed by atoms with Gasteiger partial charge in [-0.2, -0.15) is 0 Å². The minimum Gasteiger partial charge on any atom is -0.338 e. The van der Waals surface area contributed by atoms with Gasteiger partial charge in [0.05, 0.1) is 19.0 Å². The van der Waals surface area contributed by atoms with E-state index in [2.05, 4.69) is 5.32 Å². The third-order valence-electron chi connectivity index (χ3n) is 3.90. The van der Waals surface area contributed by atoms with Gasteiger partial charge in [-0.25, -0.2) is 4.79 Å². The highest BCUT2D eigenvalue weighted by Gasteiger charge is 2.42. The van der Waals surface area contributed by atoms with Crippen LogP contribution >= 0.6 is 0 Å². The van der Waals surface area contributed by atoms with Crippen molar-refractivity contribution in [1.82, 2.24) is 15.1 Å². The van der Waals surface area contributed by atoms with Crippen LogP contribution in [0.4, 0.5) is 4.79 Å². The van der Waals surface area contributed by atoms with Crippen LogP contribution in [0.2, 0.25) is 0 Å². The van der Waals surface area contributed by atoms with Crippen LogP contribution in [0.25, 0.3) is 0 Å². The number of aryl methyl sites for hydroxylation is 1. The highest BCUT2D eigenvalue weighted by molar-refractivity contribution is 6.02. The van der Waals surface area contributed by atoms with Gasteiger partial charge in [0.15, 0.2) is 0 Å². The Morgan fingerprint density at radius 3 is 2.71 bits per heavy atom. The summed E-state index contributed by atoms with van der Waals surface area (Å²) in [5, 5.41) is 2.49. The summed E-state index contributed by atoms with van der Waals surface area (Å²) >= 11 is 0. The molecule has 2 aliphatic rings. The van der Waals surface area contributed by atoms with Gasteiger partial charge in [-0.1, -0.05) is 29.8 Å². The van der Waals surface area contributed by atoms with Gasteiger partial charge in [0, 0.05) is 13.1 Å². The zero-order valence-corrected chi connectivity index (χ0v) is 11.8. The maximum atomic E-state index is 12.2. The number of nitrogens with one attached hydrogen (secondary N) is 1. The highest BCUT2D eigenvalue weighted by atomic mass is 16.2. The average molecular weight is 287 g/mol. The number of imide groups is 1. The number of hydrogen-bond donors (Lipinski definition) is 1. The Bertz CT molecular complexity index is 592. The van der Waals surface area contributed by atoms with Crippen molar-refractivity contribution in [3.63, 3.8) is 0 Å². The van der Waals surface area contributed by atoms with E-state index < -0.39 is 0 Å². The van der Waals surface area contributed by atoms with Gasteiger partial charge in [0.25, 0.3) is 0 Å². The Morgan fingerprint density at radius 2 is 2.10 bits per heavy atom. The lowest BCUT2D eigenvalue weighted by atomic mass is 10.0. The van der Waals surface area contributed by atoms with E-state index in [9.17, 15) is 14.4 Å². The molecule has 2 heterocycles. The normalized spacial score (nSPS) is 18.7. The van der Waals surface area contributed by atoms with Gasteiger partial charge in [-0.3, -0.25) is 14.5 Å². The molecule has 0 saturated carbocycles. The van der Waals surface area contributed by atoms with Gasteiger partial charge in [-0.05, 0) is 12.5 Å². The first-order chi connectivity index (χ1) is 10.0. The molecule has 110 valence electrons. The van der Waals surface area contributed by atoms with Gasteiger partial charge in [-0.15, -0.1) is 0 Å². The number of hydrogen-bond acceptors (Lipinski definition) is 3. The van der Waals surface area contributed by atoms with E-state index in [1.165, 1.54) is 4.90 Å². The third kappa shape index (κ3) is 2.61. The first kappa shape index (κ1) is 13.6. The molecule has 2 saturated heterocycles. The Balaban J connectivity index is 1.55. The Labute approximate surface area is 122 Å². The fourth-order valence-corrected chi connectivity index (χ4v) is 2.74. The zero-order chi connectivity index (χ0) is 15.0. The molecule has 0 bridgehead atoms. The number of urea groups is 1. The first-order valence-electron chi connectivity index (χ1n) is 6.98. The molecule has 2 fully saturated rings. The topological polar surface area (TPSA) is 69.7 Å². The summed E-state index contributed by atoms with van der Waals surface area (Å²) in [6, 6.07) is 7.32. The summed E-state index contributed by atoms with van der Waals surface area (Å²) in [4.78, 5) is 38.1. The largest absolute Gasteiger partial charge is 0.338 e. The first-order valence-corrected chi connectivity index (χ1v) is 6.98. The highest BCUT2D eigenvalue weighted by Crippen LogP contribution is 2.19. The second-order valence-corrected chi connectivity index (χ2v) is 5.54. The summed E-state index contributed by atoms with van der Waals surface area (Å²) in [5.74, 6) is -0.181. The number of carbonyl (C=O) groups excluding carboxylic acids is 3. The minimum atomic E-state index is -0.351. The van der Waals surface area contributed by atoms with Crippen LogP contribution in [0, 0.1) is 6.92 Å². The maximum absolute atomic E-state index is 12.2. The van der Waals surface area contributed by atoms with Crippen molar-refractivity contribution in [3.05, 3.63) is 35.4 Å². The number of nitrogens with zero attached hydrogens (tertiary/aromatic N) is 2. The van der Waals surface area contributed by atoms with E-state index in [0.717, 1.165) is 11.1 Å². The van der Waals surface area contributed by atoms with Crippen LogP contribution < -0.4 is 5.32 Å². The maximum Gasteiger partial charge on any atom is 0.324 e. The molecule has 6 nitrogen and oxygen atoms in total. The van der Waals surface area contributed by atoms with Gasteiger partial charge in [0.2, 0.25) is 11.8 Å². The lowest BCUT2D eigenvalue weighted by molar-refractivity contribution is -0.141. The molecule has 21 heavy (non-hydrogen) atoms. The number of likely N-dealkylation sites (tertiary alicyclic amines) is 1. The molecular formula is C15H17N3O3. The van der Waals surface area contributed by atoms with Gasteiger partial charge >= 0.3 is 6.03 Å². The van der Waals surface area contributed by atoms with Crippen molar-refractivity contribution in [2.45, 2.75) is 19.4 Å². The predicted octanol–water partition coefficient (Wildman–Crippen LogP) is 0.300. The molecule has 0 atom stereocenters. The zero-order valence-electron chi connectivity index (χ0n) is 11.8.